The monoisotopic (exact) mass is 340 g/mol. The van der Waals surface area contributed by atoms with Crippen molar-refractivity contribution in [3.05, 3.63) is 19.1 Å². The average Bonchev–Trinajstić information content (AvgIpc) is 2.35. The van der Waals surface area contributed by atoms with Gasteiger partial charge >= 0.3 is 23.1 Å². The molecule has 0 atom stereocenters. The fraction of sp³-hybridized carbons (Fsp3) is 0.824. The molecule has 0 aliphatic rings. The van der Waals surface area contributed by atoms with Crippen LogP contribution in [0.5, 0.6) is 0 Å². The molecular formula is C17H33BrMg. The summed E-state index contributed by atoms with van der Waals surface area (Å²) >= 11 is 0. The molecule has 19 heavy (non-hydrogen) atoms. The number of allylic oxidation sites excluding steroid dienone is 2. The molecule has 0 aromatic heterocycles. The SMILES string of the molecule is [Br-].[CH2-]CCCCCC/C=C\CCCCCCCC.[Mg+2]. The zero-order chi connectivity index (χ0) is 12.6. The molecule has 0 spiro atoms. The number of hydrogen-bond acceptors (Lipinski definition) is 0. The summed E-state index contributed by atoms with van der Waals surface area (Å²) in [5.74, 6) is 0. The van der Waals surface area contributed by atoms with Gasteiger partial charge in [-0.25, -0.2) is 0 Å². The van der Waals surface area contributed by atoms with Gasteiger partial charge in [-0.15, -0.1) is 0 Å². The molecule has 2 heteroatoms. The Morgan fingerprint density at radius 3 is 1.58 bits per heavy atom. The Kier molecular flexibility index (Phi) is 31.6. The van der Waals surface area contributed by atoms with Gasteiger partial charge in [0.25, 0.3) is 0 Å². The summed E-state index contributed by atoms with van der Waals surface area (Å²) in [5, 5.41) is 0. The van der Waals surface area contributed by atoms with Crippen LogP contribution in [0.1, 0.15) is 90.4 Å². The standard InChI is InChI=1S/C17H33.BrH.Mg/c1-3-5-7-9-11-13-15-17-16-14-12-10-8-6-4-2;;/h15,17H,1,3-14,16H2,2H3;1H;/q-1;;+2/p-1/b17-15-;;. The summed E-state index contributed by atoms with van der Waals surface area (Å²) in [6.45, 7) is 6.14. The first-order valence-corrected chi connectivity index (χ1v) is 7.86. The summed E-state index contributed by atoms with van der Waals surface area (Å²) in [6.07, 6.45) is 22.4. The molecule has 0 saturated carbocycles. The van der Waals surface area contributed by atoms with Crippen LogP contribution in [0.15, 0.2) is 12.2 Å². The molecule has 0 saturated heterocycles. The van der Waals surface area contributed by atoms with Gasteiger partial charge in [-0.3, -0.25) is 0 Å². The van der Waals surface area contributed by atoms with Gasteiger partial charge < -0.3 is 23.9 Å². The van der Waals surface area contributed by atoms with E-state index in [2.05, 4.69) is 26.0 Å². The van der Waals surface area contributed by atoms with Crippen LogP contribution < -0.4 is 17.0 Å². The van der Waals surface area contributed by atoms with Crippen molar-refractivity contribution in [3.63, 3.8) is 0 Å². The van der Waals surface area contributed by atoms with Crippen LogP contribution in [0, 0.1) is 6.92 Å². The fourth-order valence-corrected chi connectivity index (χ4v) is 2.07. The molecule has 110 valence electrons. The molecule has 0 fully saturated rings. The van der Waals surface area contributed by atoms with Gasteiger partial charge in [0.2, 0.25) is 0 Å². The van der Waals surface area contributed by atoms with Gasteiger partial charge in [0, 0.05) is 0 Å². The number of halogens is 1. The van der Waals surface area contributed by atoms with Crippen LogP contribution in [0.3, 0.4) is 0 Å². The number of unbranched alkanes of at least 4 members (excludes halogenated alkanes) is 11. The molecule has 0 bridgehead atoms. The van der Waals surface area contributed by atoms with Crippen molar-refractivity contribution >= 4 is 23.1 Å². The number of hydrogen-bond donors (Lipinski definition) is 0. The molecule has 0 N–H and O–H groups in total. The van der Waals surface area contributed by atoms with Gasteiger partial charge in [0.1, 0.15) is 0 Å². The van der Waals surface area contributed by atoms with Gasteiger partial charge in [0.15, 0.2) is 0 Å². The topological polar surface area (TPSA) is 0 Å². The van der Waals surface area contributed by atoms with Crippen LogP contribution in [0.25, 0.3) is 0 Å². The van der Waals surface area contributed by atoms with Crippen molar-refractivity contribution < 1.29 is 17.0 Å². The summed E-state index contributed by atoms with van der Waals surface area (Å²) in [6, 6.07) is 0. The van der Waals surface area contributed by atoms with Gasteiger partial charge in [0.05, 0.1) is 0 Å². The quantitative estimate of drug-likeness (QED) is 0.209. The van der Waals surface area contributed by atoms with Crippen molar-refractivity contribution in [2.75, 3.05) is 0 Å². The van der Waals surface area contributed by atoms with E-state index in [1.807, 2.05) is 0 Å². The Bertz CT molecular complexity index is 157. The maximum atomic E-state index is 3.87. The Morgan fingerprint density at radius 1 is 0.684 bits per heavy atom. The Morgan fingerprint density at radius 2 is 1.11 bits per heavy atom. The van der Waals surface area contributed by atoms with Crippen molar-refractivity contribution in [1.29, 1.82) is 0 Å². The third-order valence-electron chi connectivity index (χ3n) is 3.26. The van der Waals surface area contributed by atoms with E-state index in [0.717, 1.165) is 6.42 Å². The van der Waals surface area contributed by atoms with E-state index in [0.29, 0.717) is 0 Å². The van der Waals surface area contributed by atoms with E-state index in [-0.39, 0.29) is 40.0 Å². The molecule has 0 heterocycles. The Labute approximate surface area is 149 Å². The minimum Gasteiger partial charge on any atom is -1.00 e. The van der Waals surface area contributed by atoms with Gasteiger partial charge in [-0.1, -0.05) is 70.4 Å². The summed E-state index contributed by atoms with van der Waals surface area (Å²) in [7, 11) is 0. The Balaban J connectivity index is -0.00000128. The molecule has 0 aliphatic heterocycles. The maximum Gasteiger partial charge on any atom is 2.00 e. The van der Waals surface area contributed by atoms with E-state index in [4.69, 9.17) is 0 Å². The molecular weight excluding hydrogens is 308 g/mol. The molecule has 0 aromatic carbocycles. The van der Waals surface area contributed by atoms with Crippen LogP contribution in [-0.2, 0) is 0 Å². The average molecular weight is 342 g/mol. The second-order valence-electron chi connectivity index (χ2n) is 5.08. The van der Waals surface area contributed by atoms with Crippen molar-refractivity contribution in [2.24, 2.45) is 0 Å². The molecule has 0 nitrogen and oxygen atoms in total. The largest absolute Gasteiger partial charge is 2.00 e. The summed E-state index contributed by atoms with van der Waals surface area (Å²) in [5.41, 5.74) is 0. The smallest absolute Gasteiger partial charge is 1.00 e. The summed E-state index contributed by atoms with van der Waals surface area (Å²) < 4.78 is 0. The molecule has 0 aromatic rings. The first-order chi connectivity index (χ1) is 8.41. The maximum absolute atomic E-state index is 3.87. The summed E-state index contributed by atoms with van der Waals surface area (Å²) in [4.78, 5) is 0. The predicted molar refractivity (Wildman–Crippen MR) is 85.9 cm³/mol. The van der Waals surface area contributed by atoms with Crippen molar-refractivity contribution in [1.82, 2.24) is 0 Å². The molecule has 0 rings (SSSR count). The minimum atomic E-state index is 0. The van der Waals surface area contributed by atoms with Crippen molar-refractivity contribution in [2.45, 2.75) is 90.4 Å². The predicted octanol–water partition coefficient (Wildman–Crippen LogP) is 3.09. The second-order valence-corrected chi connectivity index (χ2v) is 5.08. The number of rotatable bonds is 13. The van der Waals surface area contributed by atoms with Crippen molar-refractivity contribution in [3.8, 4) is 0 Å². The zero-order valence-corrected chi connectivity index (χ0v) is 16.1. The third-order valence-corrected chi connectivity index (χ3v) is 3.26. The first kappa shape index (κ1) is 25.0. The minimum absolute atomic E-state index is 0. The van der Waals surface area contributed by atoms with E-state index in [9.17, 15) is 0 Å². The van der Waals surface area contributed by atoms with Gasteiger partial charge in [-0.05, 0) is 25.7 Å². The van der Waals surface area contributed by atoms with Crippen LogP contribution in [0.2, 0.25) is 0 Å². The van der Waals surface area contributed by atoms with Crippen LogP contribution >= 0.6 is 0 Å². The zero-order valence-electron chi connectivity index (χ0n) is 13.1. The second kappa shape index (κ2) is 24.0. The van der Waals surface area contributed by atoms with Crippen LogP contribution in [0.4, 0.5) is 0 Å². The fourth-order valence-electron chi connectivity index (χ4n) is 2.07. The van der Waals surface area contributed by atoms with E-state index in [1.165, 1.54) is 77.0 Å². The van der Waals surface area contributed by atoms with Crippen LogP contribution in [-0.4, -0.2) is 23.1 Å². The normalized spacial score (nSPS) is 10.2. The van der Waals surface area contributed by atoms with Gasteiger partial charge in [-0.2, -0.15) is 6.42 Å². The third kappa shape index (κ3) is 24.4. The molecule has 0 aliphatic carbocycles. The van der Waals surface area contributed by atoms with E-state index >= 15 is 0 Å². The molecule has 0 amide bonds. The first-order valence-electron chi connectivity index (χ1n) is 7.86. The Hall–Kier alpha value is 0.986. The van der Waals surface area contributed by atoms with E-state index in [1.54, 1.807) is 0 Å². The molecule has 0 unspecified atom stereocenters. The van der Waals surface area contributed by atoms with E-state index < -0.39 is 0 Å². The molecule has 0 radical (unpaired) electrons.